The fourth-order valence-corrected chi connectivity index (χ4v) is 3.19. The molecule has 0 aliphatic carbocycles. The van der Waals surface area contributed by atoms with Crippen LogP contribution >= 0.6 is 11.6 Å². The van der Waals surface area contributed by atoms with Gasteiger partial charge < -0.3 is 5.32 Å². The third-order valence-corrected chi connectivity index (χ3v) is 4.70. The highest BCUT2D eigenvalue weighted by Crippen LogP contribution is 2.30. The van der Waals surface area contributed by atoms with Crippen LogP contribution in [0.1, 0.15) is 16.2 Å². The van der Waals surface area contributed by atoms with Crippen molar-refractivity contribution < 1.29 is 4.79 Å². The molecule has 5 nitrogen and oxygen atoms in total. The van der Waals surface area contributed by atoms with Crippen LogP contribution in [0, 0.1) is 6.92 Å². The minimum atomic E-state index is -0.293. The topological polar surface area (TPSA) is 67.8 Å². The molecule has 1 amide bonds. The molecule has 0 bridgehead atoms. The number of halogens is 1. The summed E-state index contributed by atoms with van der Waals surface area (Å²) in [6.45, 7) is 1.80. The monoisotopic (exact) mass is 400 g/mol. The van der Waals surface area contributed by atoms with Gasteiger partial charge in [0.15, 0.2) is 0 Å². The molecule has 29 heavy (non-hydrogen) atoms. The van der Waals surface area contributed by atoms with Gasteiger partial charge in [-0.15, -0.1) is 0 Å². The lowest BCUT2D eigenvalue weighted by Gasteiger charge is -2.12. The summed E-state index contributed by atoms with van der Waals surface area (Å²) >= 11 is 6.33. The molecule has 0 fully saturated rings. The summed E-state index contributed by atoms with van der Waals surface area (Å²) in [6.07, 6.45) is 3.25. The maximum Gasteiger partial charge on any atom is 0.259 e. The van der Waals surface area contributed by atoms with E-state index in [0.717, 1.165) is 16.8 Å². The lowest BCUT2D eigenvalue weighted by atomic mass is 10.1. The number of pyridine rings is 1. The molecule has 0 atom stereocenters. The van der Waals surface area contributed by atoms with Gasteiger partial charge in [0.05, 0.1) is 22.0 Å². The highest BCUT2D eigenvalue weighted by Gasteiger charge is 2.16. The van der Waals surface area contributed by atoms with E-state index >= 15 is 0 Å². The molecule has 0 aliphatic heterocycles. The molecular formula is C23H17ClN4O. The fourth-order valence-electron chi connectivity index (χ4n) is 2.97. The van der Waals surface area contributed by atoms with Crippen LogP contribution in [0.5, 0.6) is 0 Å². The van der Waals surface area contributed by atoms with Crippen molar-refractivity contribution in [1.82, 2.24) is 15.0 Å². The van der Waals surface area contributed by atoms with Crippen LogP contribution in [0.4, 0.5) is 5.69 Å². The minimum Gasteiger partial charge on any atom is -0.322 e. The summed E-state index contributed by atoms with van der Waals surface area (Å²) in [4.78, 5) is 26.0. The number of nitrogens with one attached hydrogen (secondary N) is 1. The summed E-state index contributed by atoms with van der Waals surface area (Å²) in [5.41, 5.74) is 3.93. The second kappa shape index (κ2) is 8.20. The predicted octanol–water partition coefficient (Wildman–Crippen LogP) is 5.42. The first-order valence-electron chi connectivity index (χ1n) is 9.03. The van der Waals surface area contributed by atoms with Crippen LogP contribution in [0.15, 0.2) is 79.1 Å². The fraction of sp³-hybridized carbons (Fsp3) is 0.0435. The average molecular weight is 401 g/mol. The smallest absolute Gasteiger partial charge is 0.259 e. The first kappa shape index (κ1) is 18.8. The molecule has 4 rings (SSSR count). The molecule has 0 saturated heterocycles. The zero-order chi connectivity index (χ0) is 20.2. The number of amides is 1. The minimum absolute atomic E-state index is 0.293. The summed E-state index contributed by atoms with van der Waals surface area (Å²) in [6, 6.07) is 20.5. The highest BCUT2D eigenvalue weighted by molar-refractivity contribution is 6.33. The number of carbonyl (C=O) groups is 1. The average Bonchev–Trinajstić information content (AvgIpc) is 2.76. The van der Waals surface area contributed by atoms with Crippen molar-refractivity contribution in [2.45, 2.75) is 6.92 Å². The van der Waals surface area contributed by atoms with Gasteiger partial charge in [0.25, 0.3) is 5.91 Å². The van der Waals surface area contributed by atoms with Crippen molar-refractivity contribution in [3.05, 3.63) is 95.5 Å². The third kappa shape index (κ3) is 4.15. The number of aryl methyl sites for hydroxylation is 1. The lowest BCUT2D eigenvalue weighted by molar-refractivity contribution is 0.102. The number of hydrogen-bond donors (Lipinski definition) is 1. The largest absolute Gasteiger partial charge is 0.322 e. The first-order chi connectivity index (χ1) is 14.1. The Morgan fingerprint density at radius 3 is 2.52 bits per heavy atom. The summed E-state index contributed by atoms with van der Waals surface area (Å²) in [5.74, 6) is 0.308. The Bertz CT molecular complexity index is 1160. The van der Waals surface area contributed by atoms with Crippen molar-refractivity contribution >= 4 is 23.2 Å². The van der Waals surface area contributed by atoms with Gasteiger partial charge >= 0.3 is 0 Å². The van der Waals surface area contributed by atoms with Crippen LogP contribution < -0.4 is 5.32 Å². The Labute approximate surface area is 173 Å². The first-order valence-corrected chi connectivity index (χ1v) is 9.41. The van der Waals surface area contributed by atoms with Crippen LogP contribution in [0.3, 0.4) is 0 Å². The Morgan fingerprint density at radius 1 is 0.966 bits per heavy atom. The molecule has 0 unspecified atom stereocenters. The van der Waals surface area contributed by atoms with E-state index in [1.54, 1.807) is 37.5 Å². The molecule has 0 aliphatic rings. The molecule has 0 spiro atoms. The van der Waals surface area contributed by atoms with Gasteiger partial charge in [-0.25, -0.2) is 9.97 Å². The molecule has 0 radical (unpaired) electrons. The Morgan fingerprint density at radius 2 is 1.76 bits per heavy atom. The molecular weight excluding hydrogens is 384 g/mol. The zero-order valence-electron chi connectivity index (χ0n) is 15.6. The molecule has 142 valence electrons. The summed E-state index contributed by atoms with van der Waals surface area (Å²) in [5, 5.41) is 3.48. The second-order valence-electron chi connectivity index (χ2n) is 6.41. The van der Waals surface area contributed by atoms with Crippen molar-refractivity contribution in [3.63, 3.8) is 0 Å². The maximum absolute atomic E-state index is 13.0. The van der Waals surface area contributed by atoms with E-state index in [9.17, 15) is 4.79 Å². The normalized spacial score (nSPS) is 10.6. The quantitative estimate of drug-likeness (QED) is 0.496. The number of rotatable bonds is 4. The lowest BCUT2D eigenvalue weighted by Crippen LogP contribution is -2.15. The van der Waals surface area contributed by atoms with Gasteiger partial charge in [-0.2, -0.15) is 0 Å². The van der Waals surface area contributed by atoms with E-state index in [1.165, 1.54) is 0 Å². The number of nitrogens with zero attached hydrogens (tertiary/aromatic N) is 3. The summed E-state index contributed by atoms with van der Waals surface area (Å²) < 4.78 is 0. The van der Waals surface area contributed by atoms with Gasteiger partial charge in [0.1, 0.15) is 5.82 Å². The van der Waals surface area contributed by atoms with Crippen molar-refractivity contribution in [3.8, 4) is 22.5 Å². The van der Waals surface area contributed by atoms with Crippen molar-refractivity contribution in [1.29, 1.82) is 0 Å². The number of benzene rings is 2. The summed E-state index contributed by atoms with van der Waals surface area (Å²) in [7, 11) is 0. The molecule has 6 heteroatoms. The van der Waals surface area contributed by atoms with E-state index in [2.05, 4.69) is 20.3 Å². The SMILES string of the molecule is Cc1ncc(C(=O)Nc2ccc(Cl)c(-c3ccccn3)c2)c(-c2ccccc2)n1. The molecule has 2 aromatic heterocycles. The molecule has 1 N–H and O–H groups in total. The number of carbonyl (C=O) groups excluding carboxylic acids is 1. The van der Waals surface area contributed by atoms with Crippen LogP contribution in [0.2, 0.25) is 5.02 Å². The highest BCUT2D eigenvalue weighted by atomic mass is 35.5. The van der Waals surface area contributed by atoms with Gasteiger partial charge in [-0.05, 0) is 37.3 Å². The standard InChI is InChI=1S/C23H17ClN4O/c1-15-26-14-19(22(27-15)16-7-3-2-4-8-16)23(29)28-17-10-11-20(24)18(13-17)21-9-5-6-12-25-21/h2-14H,1H3,(H,28,29). The van der Waals surface area contributed by atoms with Gasteiger partial charge in [0.2, 0.25) is 0 Å². The van der Waals surface area contributed by atoms with Crippen LogP contribution in [-0.4, -0.2) is 20.9 Å². The molecule has 2 aromatic carbocycles. The Balaban J connectivity index is 1.68. The van der Waals surface area contributed by atoms with Crippen LogP contribution in [0.25, 0.3) is 22.5 Å². The number of anilines is 1. The predicted molar refractivity (Wildman–Crippen MR) is 115 cm³/mol. The van der Waals surface area contributed by atoms with Crippen molar-refractivity contribution in [2.75, 3.05) is 5.32 Å². The number of aromatic nitrogens is 3. The van der Waals surface area contributed by atoms with Gasteiger partial charge in [0, 0.05) is 29.2 Å². The Kier molecular flexibility index (Phi) is 5.31. The molecule has 2 heterocycles. The maximum atomic E-state index is 13.0. The van der Waals surface area contributed by atoms with E-state index in [4.69, 9.17) is 11.6 Å². The third-order valence-electron chi connectivity index (χ3n) is 4.37. The second-order valence-corrected chi connectivity index (χ2v) is 6.82. The molecule has 4 aromatic rings. The Hall–Kier alpha value is -3.57. The van der Waals surface area contributed by atoms with E-state index < -0.39 is 0 Å². The van der Waals surface area contributed by atoms with Crippen LogP contribution in [-0.2, 0) is 0 Å². The van der Waals surface area contributed by atoms with Gasteiger partial charge in [-0.3, -0.25) is 9.78 Å². The van der Waals surface area contributed by atoms with Gasteiger partial charge in [-0.1, -0.05) is 48.0 Å². The number of hydrogen-bond acceptors (Lipinski definition) is 4. The van der Waals surface area contributed by atoms with E-state index in [1.807, 2.05) is 48.5 Å². The van der Waals surface area contributed by atoms with E-state index in [-0.39, 0.29) is 5.91 Å². The zero-order valence-corrected chi connectivity index (χ0v) is 16.4. The molecule has 0 saturated carbocycles. The van der Waals surface area contributed by atoms with Crippen molar-refractivity contribution in [2.24, 2.45) is 0 Å². The van der Waals surface area contributed by atoms with E-state index in [0.29, 0.717) is 27.8 Å².